The summed E-state index contributed by atoms with van der Waals surface area (Å²) in [6, 6.07) is 10.2. The predicted octanol–water partition coefficient (Wildman–Crippen LogP) is 2.36. The zero-order chi connectivity index (χ0) is 18.0. The first-order chi connectivity index (χ1) is 11.8. The average Bonchev–Trinajstić information content (AvgIpc) is 2.50. The van der Waals surface area contributed by atoms with Gasteiger partial charge in [0, 0.05) is 12.3 Å². The van der Waals surface area contributed by atoms with E-state index < -0.39 is 15.8 Å². The van der Waals surface area contributed by atoms with Crippen molar-refractivity contribution in [2.75, 3.05) is 19.5 Å². The lowest BCUT2D eigenvalue weighted by atomic mass is 10.2. The molecule has 1 aliphatic heterocycles. The van der Waals surface area contributed by atoms with Gasteiger partial charge in [0.05, 0.1) is 23.7 Å². The molecule has 25 heavy (non-hydrogen) atoms. The molecular formula is C17H16O7S. The minimum absolute atomic E-state index is 0.0282. The summed E-state index contributed by atoms with van der Waals surface area (Å²) in [4.78, 5) is 11.5. The van der Waals surface area contributed by atoms with E-state index in [0.717, 1.165) is 6.26 Å². The van der Waals surface area contributed by atoms with Gasteiger partial charge in [0.25, 0.3) is 0 Å². The highest BCUT2D eigenvalue weighted by Gasteiger charge is 2.21. The fraction of sp³-hybridized carbons (Fsp3) is 0.235. The fourth-order valence-corrected chi connectivity index (χ4v) is 2.82. The highest BCUT2D eigenvalue weighted by atomic mass is 32.2. The largest absolute Gasteiger partial charge is 0.485 e. The van der Waals surface area contributed by atoms with Crippen LogP contribution in [-0.4, -0.2) is 45.1 Å². The van der Waals surface area contributed by atoms with E-state index in [9.17, 15) is 18.3 Å². The second-order valence-electron chi connectivity index (χ2n) is 5.62. The van der Waals surface area contributed by atoms with Gasteiger partial charge in [-0.1, -0.05) is 0 Å². The van der Waals surface area contributed by atoms with E-state index in [2.05, 4.69) is 0 Å². The Kier molecular flexibility index (Phi) is 4.65. The number of aromatic carboxylic acids is 1. The molecule has 3 rings (SSSR count). The van der Waals surface area contributed by atoms with E-state index in [1.54, 1.807) is 6.07 Å². The molecule has 0 aromatic heterocycles. The normalized spacial score (nSPS) is 14.6. The first-order valence-electron chi connectivity index (χ1n) is 7.42. The SMILES string of the molecule is CS(=O)(=O)c1ccc(Oc2cc(OC3COC3)cc(C(=O)O)c2)cc1. The molecule has 1 aliphatic rings. The Morgan fingerprint density at radius 1 is 1.08 bits per heavy atom. The van der Waals surface area contributed by atoms with Gasteiger partial charge >= 0.3 is 5.97 Å². The number of ether oxygens (including phenoxy) is 3. The molecule has 0 aliphatic carbocycles. The number of rotatable bonds is 6. The van der Waals surface area contributed by atoms with Crippen LogP contribution in [0.1, 0.15) is 10.4 Å². The van der Waals surface area contributed by atoms with Crippen molar-refractivity contribution in [3.8, 4) is 17.2 Å². The summed E-state index contributed by atoms with van der Waals surface area (Å²) >= 11 is 0. The van der Waals surface area contributed by atoms with Crippen molar-refractivity contribution >= 4 is 15.8 Å². The van der Waals surface area contributed by atoms with Crippen molar-refractivity contribution in [3.05, 3.63) is 48.0 Å². The van der Waals surface area contributed by atoms with Crippen LogP contribution in [-0.2, 0) is 14.6 Å². The van der Waals surface area contributed by atoms with Crippen molar-refractivity contribution in [1.82, 2.24) is 0 Å². The molecule has 0 bridgehead atoms. The molecule has 0 spiro atoms. The molecule has 0 atom stereocenters. The van der Waals surface area contributed by atoms with E-state index in [1.165, 1.54) is 36.4 Å². The molecule has 132 valence electrons. The molecule has 2 aromatic rings. The molecule has 0 unspecified atom stereocenters. The Morgan fingerprint density at radius 2 is 1.72 bits per heavy atom. The van der Waals surface area contributed by atoms with Gasteiger partial charge in [0.15, 0.2) is 9.84 Å². The highest BCUT2D eigenvalue weighted by molar-refractivity contribution is 7.90. The zero-order valence-electron chi connectivity index (χ0n) is 13.3. The molecule has 1 saturated heterocycles. The number of benzene rings is 2. The lowest BCUT2D eigenvalue weighted by molar-refractivity contribution is -0.0797. The molecule has 2 aromatic carbocycles. The van der Waals surface area contributed by atoms with E-state index in [-0.39, 0.29) is 22.3 Å². The Morgan fingerprint density at radius 3 is 2.24 bits per heavy atom. The highest BCUT2D eigenvalue weighted by Crippen LogP contribution is 2.29. The third kappa shape index (κ3) is 4.28. The fourth-order valence-electron chi connectivity index (χ4n) is 2.19. The monoisotopic (exact) mass is 364 g/mol. The number of carboxylic acid groups (broad SMARTS) is 1. The van der Waals surface area contributed by atoms with Crippen LogP contribution in [0.4, 0.5) is 0 Å². The Hall–Kier alpha value is -2.58. The topological polar surface area (TPSA) is 99.1 Å². The van der Waals surface area contributed by atoms with Crippen molar-refractivity contribution in [3.63, 3.8) is 0 Å². The number of sulfone groups is 1. The second-order valence-corrected chi connectivity index (χ2v) is 7.64. The number of hydrogen-bond donors (Lipinski definition) is 1. The first-order valence-corrected chi connectivity index (χ1v) is 9.31. The minimum atomic E-state index is -3.29. The number of hydrogen-bond acceptors (Lipinski definition) is 6. The Balaban J connectivity index is 1.84. The summed E-state index contributed by atoms with van der Waals surface area (Å²) in [5, 5.41) is 9.23. The summed E-state index contributed by atoms with van der Waals surface area (Å²) in [5.74, 6) is -0.0707. The molecule has 0 saturated carbocycles. The maximum Gasteiger partial charge on any atom is 0.335 e. The quantitative estimate of drug-likeness (QED) is 0.840. The first kappa shape index (κ1) is 17.2. The molecule has 8 heteroatoms. The summed E-state index contributed by atoms with van der Waals surface area (Å²) in [7, 11) is -3.29. The van der Waals surface area contributed by atoms with Crippen LogP contribution in [0.2, 0.25) is 0 Å². The van der Waals surface area contributed by atoms with E-state index in [0.29, 0.717) is 24.7 Å². The lowest BCUT2D eigenvalue weighted by Gasteiger charge is -2.27. The van der Waals surface area contributed by atoms with Gasteiger partial charge in [0.1, 0.15) is 23.4 Å². The maximum atomic E-state index is 11.5. The summed E-state index contributed by atoms with van der Waals surface area (Å²) in [6.07, 6.45) is 1.01. The second kappa shape index (κ2) is 6.73. The van der Waals surface area contributed by atoms with E-state index in [4.69, 9.17) is 14.2 Å². The van der Waals surface area contributed by atoms with Gasteiger partial charge in [0.2, 0.25) is 0 Å². The van der Waals surface area contributed by atoms with E-state index >= 15 is 0 Å². The van der Waals surface area contributed by atoms with Gasteiger partial charge in [-0.15, -0.1) is 0 Å². The smallest absolute Gasteiger partial charge is 0.335 e. The molecule has 1 fully saturated rings. The number of carbonyl (C=O) groups is 1. The molecule has 0 amide bonds. The average molecular weight is 364 g/mol. The maximum absolute atomic E-state index is 11.5. The Bertz CT molecular complexity index is 884. The van der Waals surface area contributed by atoms with Crippen LogP contribution < -0.4 is 9.47 Å². The lowest BCUT2D eigenvalue weighted by Crippen LogP contribution is -2.38. The molecule has 7 nitrogen and oxygen atoms in total. The molecule has 1 heterocycles. The standard InChI is InChI=1S/C17H16O7S/c1-25(20,21)16-4-2-12(3-5-16)23-13-6-11(17(18)19)7-14(8-13)24-15-9-22-10-15/h2-8,15H,9-10H2,1H3,(H,18,19). The van der Waals surface area contributed by atoms with Crippen LogP contribution in [0.3, 0.4) is 0 Å². The van der Waals surface area contributed by atoms with Crippen molar-refractivity contribution < 1.29 is 32.5 Å². The van der Waals surface area contributed by atoms with Crippen LogP contribution >= 0.6 is 0 Å². The molecule has 0 radical (unpaired) electrons. The van der Waals surface area contributed by atoms with Crippen molar-refractivity contribution in [1.29, 1.82) is 0 Å². The van der Waals surface area contributed by atoms with Gasteiger partial charge in [-0.05, 0) is 36.4 Å². The third-order valence-electron chi connectivity index (χ3n) is 3.52. The van der Waals surface area contributed by atoms with Gasteiger partial charge in [-0.25, -0.2) is 13.2 Å². The minimum Gasteiger partial charge on any atom is -0.485 e. The zero-order valence-corrected chi connectivity index (χ0v) is 14.2. The summed E-state index contributed by atoms with van der Waals surface area (Å²) in [6.45, 7) is 0.918. The molecule has 1 N–H and O–H groups in total. The van der Waals surface area contributed by atoms with Crippen molar-refractivity contribution in [2.24, 2.45) is 0 Å². The predicted molar refractivity (Wildman–Crippen MR) is 88.3 cm³/mol. The van der Waals surface area contributed by atoms with Crippen LogP contribution in [0, 0.1) is 0 Å². The van der Waals surface area contributed by atoms with E-state index in [1.807, 2.05) is 0 Å². The summed E-state index contributed by atoms with van der Waals surface area (Å²) < 4.78 is 39.2. The summed E-state index contributed by atoms with van der Waals surface area (Å²) in [5.41, 5.74) is 0.0282. The van der Waals surface area contributed by atoms with Gasteiger partial charge in [-0.2, -0.15) is 0 Å². The third-order valence-corrected chi connectivity index (χ3v) is 4.65. The van der Waals surface area contributed by atoms with Crippen LogP contribution in [0.5, 0.6) is 17.2 Å². The number of carboxylic acids is 1. The van der Waals surface area contributed by atoms with Gasteiger partial charge < -0.3 is 19.3 Å². The Labute approximate surface area is 144 Å². The van der Waals surface area contributed by atoms with Crippen LogP contribution in [0.15, 0.2) is 47.4 Å². The van der Waals surface area contributed by atoms with Gasteiger partial charge in [-0.3, -0.25) is 0 Å². The van der Waals surface area contributed by atoms with Crippen LogP contribution in [0.25, 0.3) is 0 Å². The molecular weight excluding hydrogens is 348 g/mol. The van der Waals surface area contributed by atoms with Crippen molar-refractivity contribution in [2.45, 2.75) is 11.0 Å².